The van der Waals surface area contributed by atoms with Gasteiger partial charge >= 0.3 is 6.09 Å². The van der Waals surface area contributed by atoms with Crippen LogP contribution in [0.2, 0.25) is 0 Å². The number of nitrogens with one attached hydrogen (secondary N) is 1. The number of amides is 1. The molecule has 0 aromatic carbocycles. The summed E-state index contributed by atoms with van der Waals surface area (Å²) in [6.07, 6.45) is 3.79. The second kappa shape index (κ2) is 7.43. The van der Waals surface area contributed by atoms with Crippen LogP contribution in [-0.4, -0.2) is 66.3 Å². The van der Waals surface area contributed by atoms with Crippen molar-refractivity contribution < 1.29 is 9.53 Å². The van der Waals surface area contributed by atoms with E-state index in [2.05, 4.69) is 24.1 Å². The van der Waals surface area contributed by atoms with Crippen molar-refractivity contribution in [3.8, 4) is 0 Å². The first-order chi connectivity index (χ1) is 11.8. The lowest BCUT2D eigenvalue weighted by molar-refractivity contribution is 0.0267. The van der Waals surface area contributed by atoms with Crippen molar-refractivity contribution in [2.24, 2.45) is 17.8 Å². The Morgan fingerprint density at radius 3 is 2.52 bits per heavy atom. The van der Waals surface area contributed by atoms with Gasteiger partial charge in [-0.05, 0) is 77.8 Å². The van der Waals surface area contributed by atoms with E-state index in [4.69, 9.17) is 4.74 Å². The van der Waals surface area contributed by atoms with Crippen LogP contribution in [0.15, 0.2) is 0 Å². The van der Waals surface area contributed by atoms with E-state index >= 15 is 0 Å². The largest absolute Gasteiger partial charge is 0.444 e. The molecule has 3 aliphatic rings. The fourth-order valence-electron chi connectivity index (χ4n) is 4.71. The Morgan fingerprint density at radius 2 is 1.92 bits per heavy atom. The average molecular weight is 352 g/mol. The fourth-order valence-corrected chi connectivity index (χ4v) is 4.71. The minimum atomic E-state index is -0.401. The zero-order valence-electron chi connectivity index (χ0n) is 16.8. The third-order valence-corrected chi connectivity index (χ3v) is 6.09. The first-order valence-electron chi connectivity index (χ1n) is 10.2. The molecule has 0 spiro atoms. The third kappa shape index (κ3) is 4.68. The topological polar surface area (TPSA) is 44.8 Å². The summed E-state index contributed by atoms with van der Waals surface area (Å²) in [5.41, 5.74) is -0.401. The minimum absolute atomic E-state index is 0.144. The normalized spacial score (nSPS) is 33.9. The summed E-state index contributed by atoms with van der Waals surface area (Å²) in [4.78, 5) is 16.7. The molecule has 3 rings (SSSR count). The van der Waals surface area contributed by atoms with Crippen LogP contribution in [0, 0.1) is 17.8 Å². The van der Waals surface area contributed by atoms with Crippen LogP contribution in [0.1, 0.15) is 53.9 Å². The third-order valence-electron chi connectivity index (χ3n) is 6.09. The van der Waals surface area contributed by atoms with Crippen LogP contribution in [-0.2, 0) is 4.74 Å². The van der Waals surface area contributed by atoms with Crippen LogP contribution in [0.5, 0.6) is 0 Å². The second-order valence-corrected chi connectivity index (χ2v) is 9.40. The van der Waals surface area contributed by atoms with Crippen LogP contribution in [0.3, 0.4) is 0 Å². The minimum Gasteiger partial charge on any atom is -0.444 e. The molecule has 1 N–H and O–H groups in total. The van der Waals surface area contributed by atoms with Crippen molar-refractivity contribution in [3.63, 3.8) is 0 Å². The Labute approximate surface area is 153 Å². The highest BCUT2D eigenvalue weighted by Crippen LogP contribution is 2.46. The van der Waals surface area contributed by atoms with E-state index in [-0.39, 0.29) is 6.09 Å². The van der Waals surface area contributed by atoms with E-state index in [0.717, 1.165) is 19.0 Å². The van der Waals surface area contributed by atoms with E-state index in [1.165, 1.54) is 38.9 Å². The molecule has 4 atom stereocenters. The molecular weight excluding hydrogens is 314 g/mol. The number of likely N-dealkylation sites (tertiary alicyclic amines) is 2. The van der Waals surface area contributed by atoms with Gasteiger partial charge in [-0.1, -0.05) is 6.92 Å². The number of hydrogen-bond acceptors (Lipinski definition) is 4. The molecule has 1 saturated carbocycles. The van der Waals surface area contributed by atoms with Gasteiger partial charge in [-0.2, -0.15) is 0 Å². The van der Waals surface area contributed by atoms with Gasteiger partial charge in [0.05, 0.1) is 0 Å². The van der Waals surface area contributed by atoms with E-state index < -0.39 is 5.60 Å². The van der Waals surface area contributed by atoms with Crippen molar-refractivity contribution in [1.82, 2.24) is 15.1 Å². The Morgan fingerprint density at radius 1 is 1.24 bits per heavy atom. The molecule has 1 amide bonds. The molecule has 2 saturated heterocycles. The number of fused-ring (bicyclic) bond motifs is 1. The molecule has 3 fully saturated rings. The highest BCUT2D eigenvalue weighted by atomic mass is 16.6. The van der Waals surface area contributed by atoms with E-state index in [1.54, 1.807) is 0 Å². The molecule has 0 bridgehead atoms. The average Bonchev–Trinajstić information content (AvgIpc) is 2.97. The molecule has 2 aliphatic heterocycles. The smallest absolute Gasteiger partial charge is 0.410 e. The summed E-state index contributed by atoms with van der Waals surface area (Å²) in [6.45, 7) is 15.9. The Kier molecular flexibility index (Phi) is 5.64. The number of nitrogens with zero attached hydrogens (tertiary/aromatic N) is 2. The monoisotopic (exact) mass is 351 g/mol. The van der Waals surface area contributed by atoms with Crippen LogP contribution < -0.4 is 5.32 Å². The predicted molar refractivity (Wildman–Crippen MR) is 101 cm³/mol. The lowest BCUT2D eigenvalue weighted by Crippen LogP contribution is -2.47. The molecule has 0 aromatic heterocycles. The number of ether oxygens (including phenoxy) is 1. The number of piperidine rings is 2. The molecule has 25 heavy (non-hydrogen) atoms. The van der Waals surface area contributed by atoms with E-state index in [1.807, 2.05) is 25.7 Å². The Hall–Kier alpha value is -0.810. The maximum atomic E-state index is 12.2. The maximum Gasteiger partial charge on any atom is 0.410 e. The van der Waals surface area contributed by atoms with Crippen molar-refractivity contribution in [3.05, 3.63) is 0 Å². The molecular formula is C20H37N3O2. The fraction of sp³-hybridized carbons (Fsp3) is 0.950. The van der Waals surface area contributed by atoms with Crippen molar-refractivity contribution >= 4 is 6.09 Å². The van der Waals surface area contributed by atoms with Gasteiger partial charge in [0.15, 0.2) is 0 Å². The Bertz CT molecular complexity index is 462. The van der Waals surface area contributed by atoms with Crippen LogP contribution >= 0.6 is 0 Å². The summed E-state index contributed by atoms with van der Waals surface area (Å²) >= 11 is 0. The van der Waals surface area contributed by atoms with E-state index in [9.17, 15) is 4.79 Å². The van der Waals surface area contributed by atoms with E-state index in [0.29, 0.717) is 23.9 Å². The Balaban J connectivity index is 1.41. The highest BCUT2D eigenvalue weighted by molar-refractivity contribution is 5.69. The SMILES string of the molecule is CCCN1CCCC(C(C)NC2C3CN(C(=O)OC(C)(C)C)CC32)C1. The molecule has 0 aromatic rings. The lowest BCUT2D eigenvalue weighted by atomic mass is 9.91. The zero-order valence-corrected chi connectivity index (χ0v) is 16.8. The van der Waals surface area contributed by atoms with Gasteiger partial charge in [0.1, 0.15) is 5.60 Å². The van der Waals surface area contributed by atoms with Gasteiger partial charge in [-0.3, -0.25) is 0 Å². The molecule has 144 valence electrons. The van der Waals surface area contributed by atoms with Gasteiger partial charge in [-0.15, -0.1) is 0 Å². The lowest BCUT2D eigenvalue weighted by Gasteiger charge is -2.36. The molecule has 5 nitrogen and oxygen atoms in total. The number of rotatable bonds is 5. The second-order valence-electron chi connectivity index (χ2n) is 9.40. The number of carbonyl (C=O) groups is 1. The maximum absolute atomic E-state index is 12.2. The first-order valence-corrected chi connectivity index (χ1v) is 10.2. The molecule has 1 aliphatic carbocycles. The number of hydrogen-bond donors (Lipinski definition) is 1. The van der Waals surface area contributed by atoms with Crippen LogP contribution in [0.25, 0.3) is 0 Å². The van der Waals surface area contributed by atoms with Gasteiger partial charge in [0, 0.05) is 31.7 Å². The number of carbonyl (C=O) groups excluding carboxylic acids is 1. The van der Waals surface area contributed by atoms with Crippen molar-refractivity contribution in [1.29, 1.82) is 0 Å². The van der Waals surface area contributed by atoms with Crippen LogP contribution in [0.4, 0.5) is 4.79 Å². The summed E-state index contributed by atoms with van der Waals surface area (Å²) in [5, 5.41) is 3.89. The summed E-state index contributed by atoms with van der Waals surface area (Å²) in [7, 11) is 0. The highest BCUT2D eigenvalue weighted by Gasteiger charge is 2.57. The van der Waals surface area contributed by atoms with Gasteiger partial charge < -0.3 is 19.9 Å². The summed E-state index contributed by atoms with van der Waals surface area (Å²) in [5.74, 6) is 2.03. The van der Waals surface area contributed by atoms with Gasteiger partial charge in [0.25, 0.3) is 0 Å². The quantitative estimate of drug-likeness (QED) is 0.827. The zero-order chi connectivity index (χ0) is 18.2. The van der Waals surface area contributed by atoms with Gasteiger partial charge in [0.2, 0.25) is 0 Å². The summed E-state index contributed by atoms with van der Waals surface area (Å²) in [6, 6.07) is 1.18. The summed E-state index contributed by atoms with van der Waals surface area (Å²) < 4.78 is 5.50. The molecule has 5 heteroatoms. The first kappa shape index (κ1) is 19.0. The standard InChI is InChI=1S/C20H37N3O2/c1-6-9-22-10-7-8-15(11-22)14(2)21-18-16-12-23(13-17(16)18)19(24)25-20(3,4)5/h14-18,21H,6-13H2,1-5H3. The molecule has 4 unspecified atom stereocenters. The molecule has 2 heterocycles. The van der Waals surface area contributed by atoms with Crippen molar-refractivity contribution in [2.75, 3.05) is 32.7 Å². The molecule has 0 radical (unpaired) electrons. The predicted octanol–water partition coefficient (Wildman–Crippen LogP) is 2.95. The van der Waals surface area contributed by atoms with Gasteiger partial charge in [-0.25, -0.2) is 4.79 Å². The van der Waals surface area contributed by atoms with Crippen molar-refractivity contribution in [2.45, 2.75) is 71.6 Å².